The molecule has 2 aliphatic rings. The fourth-order valence-corrected chi connectivity index (χ4v) is 3.95. The molecule has 2 aromatic rings. The van der Waals surface area contributed by atoms with Gasteiger partial charge in [0, 0.05) is 44.7 Å². The standard InChI is InChI=1S/C23H27N3O4/c1-28-20-10-6-9-18(22(20)29-2)19-15-21(30-24-19)23(27)26-13-11-25(12-14-26)16-17-7-4-3-5-8-17/h3-10,21H,11-16H2,1-2H3/t21-/m0/s1. The lowest BCUT2D eigenvalue weighted by Crippen LogP contribution is -2.51. The molecule has 0 aliphatic carbocycles. The summed E-state index contributed by atoms with van der Waals surface area (Å²) in [4.78, 5) is 22.7. The van der Waals surface area contributed by atoms with Crippen molar-refractivity contribution in [3.63, 3.8) is 0 Å². The molecule has 1 atom stereocenters. The highest BCUT2D eigenvalue weighted by Gasteiger charge is 2.35. The van der Waals surface area contributed by atoms with Crippen molar-refractivity contribution in [3.05, 3.63) is 59.7 Å². The van der Waals surface area contributed by atoms with Crippen LogP contribution in [0, 0.1) is 0 Å². The minimum atomic E-state index is -0.586. The number of amides is 1. The van der Waals surface area contributed by atoms with Gasteiger partial charge in [-0.25, -0.2) is 0 Å². The van der Waals surface area contributed by atoms with Crippen LogP contribution in [-0.2, 0) is 16.2 Å². The van der Waals surface area contributed by atoms with Crippen LogP contribution in [0.15, 0.2) is 53.7 Å². The molecule has 2 heterocycles. The molecule has 2 aliphatic heterocycles. The average Bonchev–Trinajstić information content (AvgIpc) is 3.29. The van der Waals surface area contributed by atoms with Crippen LogP contribution in [0.3, 0.4) is 0 Å². The summed E-state index contributed by atoms with van der Waals surface area (Å²) in [5, 5.41) is 4.18. The van der Waals surface area contributed by atoms with Crippen LogP contribution in [0.25, 0.3) is 0 Å². The largest absolute Gasteiger partial charge is 0.493 e. The molecule has 158 valence electrons. The lowest BCUT2D eigenvalue weighted by Gasteiger charge is -2.35. The first-order chi connectivity index (χ1) is 14.7. The summed E-state index contributed by atoms with van der Waals surface area (Å²) >= 11 is 0. The zero-order valence-corrected chi connectivity index (χ0v) is 17.4. The molecule has 4 rings (SSSR count). The van der Waals surface area contributed by atoms with Crippen molar-refractivity contribution in [1.82, 2.24) is 9.80 Å². The normalized spacial score (nSPS) is 19.2. The molecule has 2 aromatic carbocycles. The van der Waals surface area contributed by atoms with Crippen LogP contribution in [0.4, 0.5) is 0 Å². The highest BCUT2D eigenvalue weighted by Crippen LogP contribution is 2.33. The number of nitrogens with zero attached hydrogens (tertiary/aromatic N) is 3. The minimum Gasteiger partial charge on any atom is -0.493 e. The maximum Gasteiger partial charge on any atom is 0.266 e. The maximum absolute atomic E-state index is 13.0. The molecule has 1 amide bonds. The topological polar surface area (TPSA) is 63.6 Å². The molecule has 0 unspecified atom stereocenters. The number of methoxy groups -OCH3 is 2. The quantitative estimate of drug-likeness (QED) is 0.734. The van der Waals surface area contributed by atoms with Crippen LogP contribution in [0.2, 0.25) is 0 Å². The van der Waals surface area contributed by atoms with E-state index < -0.39 is 6.10 Å². The van der Waals surface area contributed by atoms with Gasteiger partial charge < -0.3 is 19.2 Å². The Morgan fingerprint density at radius 2 is 1.80 bits per heavy atom. The van der Waals surface area contributed by atoms with Gasteiger partial charge in [0.2, 0.25) is 6.10 Å². The molecule has 30 heavy (non-hydrogen) atoms. The van der Waals surface area contributed by atoms with Gasteiger partial charge in [-0.05, 0) is 17.7 Å². The SMILES string of the molecule is COc1cccc(C2=NO[C@H](C(=O)N3CCN(Cc4ccccc4)CC3)C2)c1OC. The van der Waals surface area contributed by atoms with Crippen molar-refractivity contribution >= 4 is 11.6 Å². The first-order valence-electron chi connectivity index (χ1n) is 10.2. The molecule has 0 radical (unpaired) electrons. The van der Waals surface area contributed by atoms with Crippen LogP contribution < -0.4 is 9.47 Å². The van der Waals surface area contributed by atoms with E-state index in [1.165, 1.54) is 5.56 Å². The van der Waals surface area contributed by atoms with E-state index in [0.29, 0.717) is 36.7 Å². The number of hydrogen-bond acceptors (Lipinski definition) is 6. The molecular weight excluding hydrogens is 382 g/mol. The molecule has 1 fully saturated rings. The highest BCUT2D eigenvalue weighted by molar-refractivity contribution is 6.06. The van der Waals surface area contributed by atoms with E-state index in [1.54, 1.807) is 14.2 Å². The maximum atomic E-state index is 13.0. The third kappa shape index (κ3) is 4.26. The molecule has 7 heteroatoms. The predicted molar refractivity (Wildman–Crippen MR) is 114 cm³/mol. The van der Waals surface area contributed by atoms with Gasteiger partial charge >= 0.3 is 0 Å². The number of carbonyl (C=O) groups is 1. The van der Waals surface area contributed by atoms with Crippen LogP contribution in [0.5, 0.6) is 11.5 Å². The number of carbonyl (C=O) groups excluding carboxylic acids is 1. The molecule has 7 nitrogen and oxygen atoms in total. The third-order valence-corrected chi connectivity index (χ3v) is 5.59. The summed E-state index contributed by atoms with van der Waals surface area (Å²) in [6.45, 7) is 4.01. The van der Waals surface area contributed by atoms with Gasteiger partial charge in [0.05, 0.1) is 19.9 Å². The Morgan fingerprint density at radius 1 is 1.03 bits per heavy atom. The molecule has 1 saturated heterocycles. The molecular formula is C23H27N3O4. The fourth-order valence-electron chi connectivity index (χ4n) is 3.95. The minimum absolute atomic E-state index is 0.00465. The van der Waals surface area contributed by atoms with E-state index in [1.807, 2.05) is 29.2 Å². The Morgan fingerprint density at radius 3 is 2.50 bits per heavy atom. The summed E-state index contributed by atoms with van der Waals surface area (Å²) in [6.07, 6.45) is -0.163. The van der Waals surface area contributed by atoms with Crippen molar-refractivity contribution < 1.29 is 19.1 Å². The summed E-state index contributed by atoms with van der Waals surface area (Å²) < 4.78 is 10.8. The van der Waals surface area contributed by atoms with Gasteiger partial charge in [-0.15, -0.1) is 0 Å². The van der Waals surface area contributed by atoms with Gasteiger partial charge in [-0.2, -0.15) is 0 Å². The molecule has 0 bridgehead atoms. The molecule has 0 spiro atoms. The second-order valence-electron chi connectivity index (χ2n) is 7.46. The Bertz CT molecular complexity index is 908. The zero-order chi connectivity index (χ0) is 20.9. The van der Waals surface area contributed by atoms with Crippen molar-refractivity contribution in [2.75, 3.05) is 40.4 Å². The molecule has 0 N–H and O–H groups in total. The van der Waals surface area contributed by atoms with E-state index in [-0.39, 0.29) is 5.91 Å². The summed E-state index contributed by atoms with van der Waals surface area (Å²) in [5.74, 6) is 1.22. The average molecular weight is 409 g/mol. The van der Waals surface area contributed by atoms with E-state index >= 15 is 0 Å². The zero-order valence-electron chi connectivity index (χ0n) is 17.4. The third-order valence-electron chi connectivity index (χ3n) is 5.59. The van der Waals surface area contributed by atoms with Crippen molar-refractivity contribution in [3.8, 4) is 11.5 Å². The summed E-state index contributed by atoms with van der Waals surface area (Å²) in [5.41, 5.74) is 2.79. The predicted octanol–water partition coefficient (Wildman–Crippen LogP) is 2.54. The van der Waals surface area contributed by atoms with Crippen molar-refractivity contribution in [2.45, 2.75) is 19.1 Å². The van der Waals surface area contributed by atoms with Crippen LogP contribution in [0.1, 0.15) is 17.5 Å². The Hall–Kier alpha value is -3.06. The van der Waals surface area contributed by atoms with E-state index in [0.717, 1.165) is 25.2 Å². The van der Waals surface area contributed by atoms with Crippen LogP contribution >= 0.6 is 0 Å². The monoisotopic (exact) mass is 409 g/mol. The van der Waals surface area contributed by atoms with E-state index in [2.05, 4.69) is 34.3 Å². The summed E-state index contributed by atoms with van der Waals surface area (Å²) in [6, 6.07) is 16.0. The van der Waals surface area contributed by atoms with E-state index in [4.69, 9.17) is 14.3 Å². The lowest BCUT2D eigenvalue weighted by atomic mass is 10.0. The first kappa shape index (κ1) is 20.2. The number of oxime groups is 1. The van der Waals surface area contributed by atoms with E-state index in [9.17, 15) is 4.79 Å². The van der Waals surface area contributed by atoms with Gasteiger partial charge in [0.1, 0.15) is 0 Å². The molecule has 0 saturated carbocycles. The van der Waals surface area contributed by atoms with Crippen molar-refractivity contribution in [2.24, 2.45) is 5.16 Å². The second-order valence-corrected chi connectivity index (χ2v) is 7.46. The molecule has 0 aromatic heterocycles. The number of hydrogen-bond donors (Lipinski definition) is 0. The number of rotatable bonds is 6. The number of para-hydroxylation sites is 1. The second kappa shape index (κ2) is 9.17. The highest BCUT2D eigenvalue weighted by atomic mass is 16.6. The Kier molecular flexibility index (Phi) is 6.18. The number of ether oxygens (including phenoxy) is 2. The van der Waals surface area contributed by atoms with Gasteiger partial charge in [-0.3, -0.25) is 9.69 Å². The summed E-state index contributed by atoms with van der Waals surface area (Å²) in [7, 11) is 3.19. The number of benzene rings is 2. The fraction of sp³-hybridized carbons (Fsp3) is 0.391. The van der Waals surface area contributed by atoms with Gasteiger partial charge in [0.25, 0.3) is 5.91 Å². The number of piperazine rings is 1. The van der Waals surface area contributed by atoms with Gasteiger partial charge in [-0.1, -0.05) is 41.6 Å². The smallest absolute Gasteiger partial charge is 0.266 e. The lowest BCUT2D eigenvalue weighted by molar-refractivity contribution is -0.143. The Balaban J connectivity index is 1.33. The van der Waals surface area contributed by atoms with Crippen molar-refractivity contribution in [1.29, 1.82) is 0 Å². The Labute approximate surface area is 176 Å². The first-order valence-corrected chi connectivity index (χ1v) is 10.2. The van der Waals surface area contributed by atoms with Gasteiger partial charge in [0.15, 0.2) is 11.5 Å². The van der Waals surface area contributed by atoms with Crippen LogP contribution in [-0.4, -0.2) is 67.9 Å².